The second-order valence-corrected chi connectivity index (χ2v) is 4.66. The minimum absolute atomic E-state index is 0.0786. The van der Waals surface area contributed by atoms with Crippen LogP contribution < -0.4 is 5.32 Å². The first kappa shape index (κ1) is 12.8. The molecule has 0 aliphatic carbocycles. The highest BCUT2D eigenvalue weighted by atomic mass is 16.4. The van der Waals surface area contributed by atoms with Crippen molar-refractivity contribution in [3.8, 4) is 0 Å². The van der Waals surface area contributed by atoms with Crippen molar-refractivity contribution in [2.45, 2.75) is 39.2 Å². The van der Waals surface area contributed by atoms with E-state index < -0.39 is 5.97 Å². The van der Waals surface area contributed by atoms with Crippen molar-refractivity contribution in [2.24, 2.45) is 5.92 Å². The zero-order valence-electron chi connectivity index (χ0n) is 9.90. The first-order chi connectivity index (χ1) is 7.49. The summed E-state index contributed by atoms with van der Waals surface area (Å²) >= 11 is 0. The Labute approximate surface area is 95.8 Å². The van der Waals surface area contributed by atoms with E-state index in [2.05, 4.69) is 5.32 Å². The molecule has 1 saturated heterocycles. The van der Waals surface area contributed by atoms with Crippen LogP contribution in [0.15, 0.2) is 0 Å². The van der Waals surface area contributed by atoms with Gasteiger partial charge in [0, 0.05) is 25.6 Å². The number of aliphatic carboxylic acids is 1. The SMILES string of the molecule is CC(C)NC(=O)N1CCCC(CC(=O)O)C1. The fraction of sp³-hybridized carbons (Fsp3) is 0.818. The number of carbonyl (C=O) groups is 2. The number of amides is 2. The van der Waals surface area contributed by atoms with Gasteiger partial charge >= 0.3 is 12.0 Å². The Balaban J connectivity index is 2.43. The lowest BCUT2D eigenvalue weighted by atomic mass is 9.95. The van der Waals surface area contributed by atoms with Crippen LogP contribution in [0, 0.1) is 5.92 Å². The fourth-order valence-electron chi connectivity index (χ4n) is 2.00. The van der Waals surface area contributed by atoms with Crippen LogP contribution in [0.5, 0.6) is 0 Å². The summed E-state index contributed by atoms with van der Waals surface area (Å²) in [6, 6.07) is 0.0393. The van der Waals surface area contributed by atoms with Gasteiger partial charge in [0.05, 0.1) is 0 Å². The third-order valence-corrected chi connectivity index (χ3v) is 2.68. The molecular weight excluding hydrogens is 208 g/mol. The van der Waals surface area contributed by atoms with Gasteiger partial charge in [0.15, 0.2) is 0 Å². The highest BCUT2D eigenvalue weighted by Gasteiger charge is 2.25. The number of piperidine rings is 1. The molecule has 16 heavy (non-hydrogen) atoms. The summed E-state index contributed by atoms with van der Waals surface area (Å²) in [4.78, 5) is 24.0. The maximum Gasteiger partial charge on any atom is 0.317 e. The third-order valence-electron chi connectivity index (χ3n) is 2.68. The molecule has 0 bridgehead atoms. The first-order valence-electron chi connectivity index (χ1n) is 5.76. The van der Waals surface area contributed by atoms with E-state index in [-0.39, 0.29) is 24.4 Å². The highest BCUT2D eigenvalue weighted by molar-refractivity contribution is 5.74. The van der Waals surface area contributed by atoms with Gasteiger partial charge in [-0.3, -0.25) is 4.79 Å². The lowest BCUT2D eigenvalue weighted by Gasteiger charge is -2.32. The Kier molecular flexibility index (Phi) is 4.58. The molecule has 1 unspecified atom stereocenters. The second-order valence-electron chi connectivity index (χ2n) is 4.66. The number of urea groups is 1. The molecule has 1 atom stereocenters. The Morgan fingerprint density at radius 1 is 1.50 bits per heavy atom. The number of hydrogen-bond acceptors (Lipinski definition) is 2. The molecule has 1 rings (SSSR count). The number of carboxylic acids is 1. The van der Waals surface area contributed by atoms with E-state index in [1.165, 1.54) is 0 Å². The van der Waals surface area contributed by atoms with Gasteiger partial charge in [-0.15, -0.1) is 0 Å². The Hall–Kier alpha value is -1.26. The summed E-state index contributed by atoms with van der Waals surface area (Å²) in [5.74, 6) is -0.680. The van der Waals surface area contributed by atoms with Crippen molar-refractivity contribution in [3.05, 3.63) is 0 Å². The Morgan fingerprint density at radius 3 is 2.75 bits per heavy atom. The lowest BCUT2D eigenvalue weighted by Crippen LogP contribution is -2.47. The van der Waals surface area contributed by atoms with E-state index in [9.17, 15) is 9.59 Å². The summed E-state index contributed by atoms with van der Waals surface area (Å²) < 4.78 is 0. The molecule has 0 spiro atoms. The van der Waals surface area contributed by atoms with Crippen LogP contribution in [0.2, 0.25) is 0 Å². The fourth-order valence-corrected chi connectivity index (χ4v) is 2.00. The molecule has 0 aromatic heterocycles. The third kappa shape index (κ3) is 4.08. The molecule has 1 aliphatic rings. The van der Waals surface area contributed by atoms with Crippen molar-refractivity contribution < 1.29 is 14.7 Å². The largest absolute Gasteiger partial charge is 0.481 e. The molecule has 0 radical (unpaired) electrons. The zero-order chi connectivity index (χ0) is 12.1. The summed E-state index contributed by atoms with van der Waals surface area (Å²) in [6.07, 6.45) is 1.95. The van der Waals surface area contributed by atoms with E-state index in [0.29, 0.717) is 6.54 Å². The van der Waals surface area contributed by atoms with Gasteiger partial charge in [-0.2, -0.15) is 0 Å². The van der Waals surface area contributed by atoms with Crippen LogP contribution >= 0.6 is 0 Å². The molecule has 0 saturated carbocycles. The summed E-state index contributed by atoms with van der Waals surface area (Å²) in [6.45, 7) is 5.12. The smallest absolute Gasteiger partial charge is 0.317 e. The van der Waals surface area contributed by atoms with E-state index >= 15 is 0 Å². The van der Waals surface area contributed by atoms with Crippen LogP contribution in [-0.4, -0.2) is 41.1 Å². The monoisotopic (exact) mass is 228 g/mol. The van der Waals surface area contributed by atoms with Crippen LogP contribution in [0.1, 0.15) is 33.1 Å². The van der Waals surface area contributed by atoms with Crippen molar-refractivity contribution in [1.82, 2.24) is 10.2 Å². The molecule has 5 nitrogen and oxygen atoms in total. The molecule has 0 aromatic carbocycles. The van der Waals surface area contributed by atoms with Crippen LogP contribution in [0.4, 0.5) is 4.79 Å². The van der Waals surface area contributed by atoms with Crippen molar-refractivity contribution in [3.63, 3.8) is 0 Å². The van der Waals surface area contributed by atoms with Crippen LogP contribution in [-0.2, 0) is 4.79 Å². The predicted octanol–water partition coefficient (Wildman–Crippen LogP) is 1.29. The van der Waals surface area contributed by atoms with Crippen LogP contribution in [0.3, 0.4) is 0 Å². The maximum atomic E-state index is 11.7. The second kappa shape index (κ2) is 5.72. The summed E-state index contributed by atoms with van der Waals surface area (Å²) in [5, 5.41) is 11.5. The van der Waals surface area contributed by atoms with Gasteiger partial charge in [0.25, 0.3) is 0 Å². The number of likely N-dealkylation sites (tertiary alicyclic amines) is 1. The molecule has 0 aromatic rings. The molecule has 2 N–H and O–H groups in total. The van der Waals surface area contributed by atoms with Crippen LogP contribution in [0.25, 0.3) is 0 Å². The van der Waals surface area contributed by atoms with Gasteiger partial charge < -0.3 is 15.3 Å². The number of carboxylic acid groups (broad SMARTS) is 1. The quantitative estimate of drug-likeness (QED) is 0.764. The first-order valence-corrected chi connectivity index (χ1v) is 5.76. The average molecular weight is 228 g/mol. The molecule has 1 aliphatic heterocycles. The molecule has 2 amide bonds. The van der Waals surface area contributed by atoms with E-state index in [4.69, 9.17) is 5.11 Å². The number of carbonyl (C=O) groups excluding carboxylic acids is 1. The van der Waals surface area contributed by atoms with Crippen molar-refractivity contribution in [1.29, 1.82) is 0 Å². The minimum Gasteiger partial charge on any atom is -0.481 e. The van der Waals surface area contributed by atoms with Gasteiger partial charge in [-0.25, -0.2) is 4.79 Å². The molecule has 1 heterocycles. The highest BCUT2D eigenvalue weighted by Crippen LogP contribution is 2.19. The van der Waals surface area contributed by atoms with E-state index in [1.807, 2.05) is 13.8 Å². The minimum atomic E-state index is -0.781. The van der Waals surface area contributed by atoms with Gasteiger partial charge in [0.2, 0.25) is 0 Å². The normalized spacial score (nSPS) is 20.9. The Morgan fingerprint density at radius 2 is 2.19 bits per heavy atom. The maximum absolute atomic E-state index is 11.7. The predicted molar refractivity (Wildman–Crippen MR) is 60.2 cm³/mol. The number of nitrogens with one attached hydrogen (secondary N) is 1. The molecular formula is C11H20N2O3. The number of rotatable bonds is 3. The van der Waals surface area contributed by atoms with Crippen molar-refractivity contribution in [2.75, 3.05) is 13.1 Å². The lowest BCUT2D eigenvalue weighted by molar-refractivity contribution is -0.138. The molecule has 1 fully saturated rings. The zero-order valence-corrected chi connectivity index (χ0v) is 9.90. The summed E-state index contributed by atoms with van der Waals surface area (Å²) in [7, 11) is 0. The van der Waals surface area contributed by atoms with Crippen molar-refractivity contribution >= 4 is 12.0 Å². The average Bonchev–Trinajstić information content (AvgIpc) is 2.16. The molecule has 5 heteroatoms. The molecule has 92 valence electrons. The van der Waals surface area contributed by atoms with E-state index in [0.717, 1.165) is 19.4 Å². The van der Waals surface area contributed by atoms with Gasteiger partial charge in [0.1, 0.15) is 0 Å². The topological polar surface area (TPSA) is 69.6 Å². The van der Waals surface area contributed by atoms with Gasteiger partial charge in [-0.1, -0.05) is 0 Å². The Bertz CT molecular complexity index is 266. The number of hydrogen-bond donors (Lipinski definition) is 2. The van der Waals surface area contributed by atoms with Gasteiger partial charge in [-0.05, 0) is 32.6 Å². The summed E-state index contributed by atoms with van der Waals surface area (Å²) in [5.41, 5.74) is 0. The standard InChI is InChI=1S/C11H20N2O3/c1-8(2)12-11(16)13-5-3-4-9(7-13)6-10(14)15/h8-9H,3-7H2,1-2H3,(H,12,16)(H,14,15). The van der Waals surface area contributed by atoms with E-state index in [1.54, 1.807) is 4.90 Å². The number of nitrogens with zero attached hydrogens (tertiary/aromatic N) is 1.